The number of hydrogen-bond donors (Lipinski definition) is 1. The first-order chi connectivity index (χ1) is 21.5. The van der Waals surface area contributed by atoms with Crippen molar-refractivity contribution < 1.29 is 9.47 Å². The van der Waals surface area contributed by atoms with Gasteiger partial charge in [-0.05, 0) is 59.7 Å². The zero-order chi connectivity index (χ0) is 31.1. The smallest absolute Gasteiger partial charge is 0.148 e. The molecule has 2 atom stereocenters. The van der Waals surface area contributed by atoms with Crippen molar-refractivity contribution in [2.24, 2.45) is 11.8 Å². The molecule has 0 saturated heterocycles. The summed E-state index contributed by atoms with van der Waals surface area (Å²) in [6.45, 7) is 12.5. The van der Waals surface area contributed by atoms with E-state index in [1.807, 2.05) is 0 Å². The van der Waals surface area contributed by atoms with E-state index in [1.54, 1.807) is 0 Å². The van der Waals surface area contributed by atoms with Gasteiger partial charge in [0.05, 0.1) is 29.8 Å². The maximum absolute atomic E-state index is 6.65. The van der Waals surface area contributed by atoms with Gasteiger partial charge in [-0.2, -0.15) is 0 Å². The second kappa shape index (κ2) is 15.3. The summed E-state index contributed by atoms with van der Waals surface area (Å²) in [6, 6.07) is 19.4. The fourth-order valence-electron chi connectivity index (χ4n) is 6.15. The maximum atomic E-state index is 6.65. The first-order valence-electron chi connectivity index (χ1n) is 16.7. The Labute approximate surface area is 272 Å². The van der Waals surface area contributed by atoms with Crippen LogP contribution in [0.1, 0.15) is 79.1 Å². The third kappa shape index (κ3) is 7.28. The summed E-state index contributed by atoms with van der Waals surface area (Å²) in [7, 11) is 2.14. The molecule has 0 aliphatic rings. The number of benzene rings is 4. The molecule has 5 rings (SSSR count). The van der Waals surface area contributed by atoms with Crippen LogP contribution in [0.4, 0.5) is 0 Å². The van der Waals surface area contributed by atoms with E-state index in [4.69, 9.17) is 14.5 Å². The molecule has 0 spiro atoms. The Morgan fingerprint density at radius 3 is 2.14 bits per heavy atom. The molecule has 44 heavy (non-hydrogen) atoms. The SMILES string of the molecule is C[B]c1ccc2c3ccc(Br)cc3c3[nH]c(-c4ccc(OCC(CC)CCCC)cc4OCC(CC)CCCC)nc3c2c1. The molecule has 231 valence electrons. The highest BCUT2D eigenvalue weighted by molar-refractivity contribution is 9.10. The van der Waals surface area contributed by atoms with Crippen LogP contribution in [0.15, 0.2) is 59.1 Å². The average Bonchev–Trinajstić information content (AvgIpc) is 3.50. The second-order valence-corrected chi connectivity index (χ2v) is 13.1. The van der Waals surface area contributed by atoms with Crippen LogP contribution in [0.3, 0.4) is 0 Å². The average molecular weight is 655 g/mol. The Hall–Kier alpha value is -2.99. The molecule has 0 fully saturated rings. The van der Waals surface area contributed by atoms with Crippen molar-refractivity contribution >= 4 is 61.3 Å². The highest BCUT2D eigenvalue weighted by Gasteiger charge is 2.19. The van der Waals surface area contributed by atoms with E-state index in [0.29, 0.717) is 18.4 Å². The summed E-state index contributed by atoms with van der Waals surface area (Å²) in [6.07, 6.45) is 9.52. The van der Waals surface area contributed by atoms with Crippen molar-refractivity contribution in [3.05, 3.63) is 59.1 Å². The van der Waals surface area contributed by atoms with E-state index in [2.05, 4.69) is 117 Å². The van der Waals surface area contributed by atoms with Gasteiger partial charge in [0, 0.05) is 21.3 Å². The number of rotatable bonds is 16. The van der Waals surface area contributed by atoms with Gasteiger partial charge in [-0.15, -0.1) is 0 Å². The molecule has 2 unspecified atom stereocenters. The van der Waals surface area contributed by atoms with E-state index in [1.165, 1.54) is 54.8 Å². The minimum absolute atomic E-state index is 0.524. The van der Waals surface area contributed by atoms with Gasteiger partial charge in [-0.25, -0.2) is 4.98 Å². The molecule has 0 aliphatic heterocycles. The zero-order valence-corrected chi connectivity index (χ0v) is 28.7. The van der Waals surface area contributed by atoms with Gasteiger partial charge < -0.3 is 14.5 Å². The summed E-state index contributed by atoms with van der Waals surface area (Å²) < 4.78 is 14.1. The molecule has 4 nitrogen and oxygen atoms in total. The summed E-state index contributed by atoms with van der Waals surface area (Å²) in [5.41, 5.74) is 4.17. The number of fused-ring (bicyclic) bond motifs is 6. The number of unbranched alkanes of at least 4 members (excludes halogenated alkanes) is 2. The maximum Gasteiger partial charge on any atom is 0.148 e. The van der Waals surface area contributed by atoms with Crippen LogP contribution in [0.25, 0.3) is 44.0 Å². The van der Waals surface area contributed by atoms with Crippen molar-refractivity contribution in [1.29, 1.82) is 0 Å². The first-order valence-corrected chi connectivity index (χ1v) is 17.5. The summed E-state index contributed by atoms with van der Waals surface area (Å²) >= 11 is 3.71. The molecule has 1 heterocycles. The number of imidazole rings is 1. The number of aromatic amines is 1. The summed E-state index contributed by atoms with van der Waals surface area (Å²) in [5.74, 6) is 3.60. The van der Waals surface area contributed by atoms with Crippen molar-refractivity contribution in [3.8, 4) is 22.9 Å². The van der Waals surface area contributed by atoms with Gasteiger partial charge in [-0.1, -0.05) is 119 Å². The van der Waals surface area contributed by atoms with Crippen LogP contribution in [-0.4, -0.2) is 30.5 Å². The lowest BCUT2D eigenvalue weighted by atomic mass is 9.72. The van der Waals surface area contributed by atoms with Crippen molar-refractivity contribution in [2.75, 3.05) is 13.2 Å². The minimum Gasteiger partial charge on any atom is -0.493 e. The number of H-pyrrole nitrogens is 1. The second-order valence-electron chi connectivity index (χ2n) is 12.2. The number of nitrogens with one attached hydrogen (secondary N) is 1. The third-order valence-electron chi connectivity index (χ3n) is 9.13. The molecule has 6 heteroatoms. The molecule has 0 amide bonds. The molecule has 0 bridgehead atoms. The fraction of sp³-hybridized carbons (Fsp3) is 0.447. The van der Waals surface area contributed by atoms with Crippen LogP contribution in [0.2, 0.25) is 6.82 Å². The van der Waals surface area contributed by atoms with Gasteiger partial charge in [0.1, 0.15) is 24.6 Å². The Balaban J connectivity index is 1.59. The largest absolute Gasteiger partial charge is 0.493 e. The quantitative estimate of drug-likeness (QED) is 0.0851. The predicted octanol–water partition coefficient (Wildman–Crippen LogP) is 10.9. The lowest BCUT2D eigenvalue weighted by molar-refractivity contribution is 0.223. The Morgan fingerprint density at radius 2 is 1.45 bits per heavy atom. The molecular formula is C38H47BBrN2O2. The van der Waals surface area contributed by atoms with Gasteiger partial charge >= 0.3 is 0 Å². The number of aromatic nitrogens is 2. The van der Waals surface area contributed by atoms with Crippen molar-refractivity contribution in [3.63, 3.8) is 0 Å². The van der Waals surface area contributed by atoms with Crippen LogP contribution >= 0.6 is 15.9 Å². The molecule has 4 aromatic carbocycles. The van der Waals surface area contributed by atoms with E-state index < -0.39 is 0 Å². The number of hydrogen-bond acceptors (Lipinski definition) is 3. The minimum atomic E-state index is 0.524. The lowest BCUT2D eigenvalue weighted by Gasteiger charge is -2.19. The predicted molar refractivity (Wildman–Crippen MR) is 193 cm³/mol. The molecule has 0 saturated carbocycles. The van der Waals surface area contributed by atoms with Crippen LogP contribution in [-0.2, 0) is 0 Å². The van der Waals surface area contributed by atoms with Crippen LogP contribution in [0.5, 0.6) is 11.5 Å². The lowest BCUT2D eigenvalue weighted by Crippen LogP contribution is -2.13. The van der Waals surface area contributed by atoms with Crippen molar-refractivity contribution in [1.82, 2.24) is 9.97 Å². The Kier molecular flexibility index (Phi) is 11.3. The molecule has 1 aromatic heterocycles. The molecule has 0 aliphatic carbocycles. The highest BCUT2D eigenvalue weighted by Crippen LogP contribution is 2.39. The first kappa shape index (κ1) is 32.4. The number of nitrogens with zero attached hydrogens (tertiary/aromatic N) is 1. The van der Waals surface area contributed by atoms with Crippen molar-refractivity contribution in [2.45, 2.75) is 85.9 Å². The van der Waals surface area contributed by atoms with Gasteiger partial charge in [-0.3, -0.25) is 0 Å². The normalized spacial score (nSPS) is 13.0. The van der Waals surface area contributed by atoms with Crippen LogP contribution < -0.4 is 14.9 Å². The van der Waals surface area contributed by atoms with E-state index >= 15 is 0 Å². The molecule has 1 radical (unpaired) electrons. The topological polar surface area (TPSA) is 47.1 Å². The van der Waals surface area contributed by atoms with Gasteiger partial charge in [0.25, 0.3) is 0 Å². The van der Waals surface area contributed by atoms with Gasteiger partial charge in [0.2, 0.25) is 0 Å². The highest BCUT2D eigenvalue weighted by atomic mass is 79.9. The number of ether oxygens (including phenoxy) is 2. The molecule has 5 aromatic rings. The van der Waals surface area contributed by atoms with E-state index in [-0.39, 0.29) is 0 Å². The van der Waals surface area contributed by atoms with Gasteiger partial charge in [0.15, 0.2) is 0 Å². The summed E-state index contributed by atoms with van der Waals surface area (Å²) in [5, 5.41) is 4.72. The standard InChI is InChI=1S/C38H47BBrN2O2/c1-6-10-12-25(8-3)23-43-29-16-19-32(35(22-29)44-24-26(9-4)13-11-7-2)38-41-36-33-20-27(39-5)14-17-30(33)31-18-15-28(40)21-34(31)37(36)42-38/h14-22,25-26H,6-13,23-24H2,1-5H3,(H,41,42). The summed E-state index contributed by atoms with van der Waals surface area (Å²) in [4.78, 5) is 9.00. The number of halogens is 1. The Bertz CT molecular complexity index is 1700. The third-order valence-corrected chi connectivity index (χ3v) is 9.63. The fourth-order valence-corrected chi connectivity index (χ4v) is 6.51. The van der Waals surface area contributed by atoms with Crippen LogP contribution in [0, 0.1) is 11.8 Å². The van der Waals surface area contributed by atoms with E-state index in [0.717, 1.165) is 68.6 Å². The monoisotopic (exact) mass is 653 g/mol. The molecular weight excluding hydrogens is 607 g/mol. The molecule has 1 N–H and O–H groups in total. The Morgan fingerprint density at radius 1 is 0.773 bits per heavy atom. The van der Waals surface area contributed by atoms with E-state index in [9.17, 15) is 0 Å². The zero-order valence-electron chi connectivity index (χ0n) is 27.1.